The molecule has 3 aromatic rings. The van der Waals surface area contributed by atoms with E-state index >= 15 is 0 Å². The molecule has 0 aliphatic heterocycles. The predicted molar refractivity (Wildman–Crippen MR) is 96.0 cm³/mol. The number of carbonyl (C=O) groups excluding carboxylic acids is 1. The van der Waals surface area contributed by atoms with Gasteiger partial charge in [-0.2, -0.15) is 0 Å². The molecule has 0 aliphatic carbocycles. The molecule has 2 aromatic carbocycles. The Kier molecular flexibility index (Phi) is 5.72. The van der Waals surface area contributed by atoms with Crippen molar-refractivity contribution >= 4 is 63.7 Å². The summed E-state index contributed by atoms with van der Waals surface area (Å²) in [6.07, 6.45) is 0. The topological polar surface area (TPSA) is 71.3 Å². The minimum Gasteiger partial charge on any atom is -0.506 e. The molecule has 0 fully saturated rings. The summed E-state index contributed by atoms with van der Waals surface area (Å²) >= 11 is 6.12. The summed E-state index contributed by atoms with van der Waals surface area (Å²) in [5, 5.41) is 13.6. The Balaban J connectivity index is 0.00000208. The van der Waals surface area contributed by atoms with Crippen molar-refractivity contribution in [3.8, 4) is 5.75 Å². The van der Waals surface area contributed by atoms with Crippen molar-refractivity contribution in [2.45, 2.75) is 0 Å². The molecule has 0 spiro atoms. The number of carbonyl (C=O) groups is 1. The van der Waals surface area contributed by atoms with Crippen molar-refractivity contribution in [1.29, 1.82) is 0 Å². The molecule has 1 radical (unpaired) electrons. The minimum atomic E-state index is -0.684. The Hall–Kier alpha value is -1.79. The number of aromatic hydroxyl groups is 1. The van der Waals surface area contributed by atoms with E-state index in [2.05, 4.69) is 5.32 Å². The van der Waals surface area contributed by atoms with Crippen LogP contribution >= 0.6 is 11.6 Å². The van der Waals surface area contributed by atoms with Gasteiger partial charge in [0.15, 0.2) is 0 Å². The number of fused-ring (bicyclic) bond motifs is 1. The van der Waals surface area contributed by atoms with Gasteiger partial charge in [-0.25, -0.2) is 0 Å². The molecule has 0 aliphatic rings. The fourth-order valence-electron chi connectivity index (χ4n) is 2.45. The quantitative estimate of drug-likeness (QED) is 0.697. The Morgan fingerprint density at radius 2 is 1.79 bits per heavy atom. The molecule has 0 bridgehead atoms. The zero-order valence-electron chi connectivity index (χ0n) is 13.2. The molecule has 0 saturated carbocycles. The number of para-hydroxylation sites is 1. The molecular weight excluding hydrogens is 339 g/mol. The maximum absolute atomic E-state index is 12.4. The van der Waals surface area contributed by atoms with Crippen molar-refractivity contribution in [2.75, 3.05) is 5.32 Å². The van der Waals surface area contributed by atoms with E-state index < -0.39 is 17.2 Å². The van der Waals surface area contributed by atoms with Gasteiger partial charge in [0.1, 0.15) is 11.3 Å². The third kappa shape index (κ3) is 3.21. The third-order valence-corrected chi connectivity index (χ3v) is 3.92. The Morgan fingerprint density at radius 1 is 1.12 bits per heavy atom. The van der Waals surface area contributed by atoms with Crippen LogP contribution in [0.5, 0.6) is 5.75 Å². The van der Waals surface area contributed by atoms with Crippen LogP contribution in [0.15, 0.2) is 53.3 Å². The summed E-state index contributed by atoms with van der Waals surface area (Å²) < 4.78 is 1.29. The summed E-state index contributed by atoms with van der Waals surface area (Å²) in [5.41, 5.74) is 0.0529. The number of hydrogen-bond donors (Lipinski definition) is 2. The number of benzene rings is 2. The molecule has 1 aromatic heterocycles. The third-order valence-electron chi connectivity index (χ3n) is 3.60. The van der Waals surface area contributed by atoms with Gasteiger partial charge in [-0.15, -0.1) is 0 Å². The van der Waals surface area contributed by atoms with Crippen molar-refractivity contribution in [3.63, 3.8) is 0 Å². The summed E-state index contributed by atoms with van der Waals surface area (Å²) in [4.78, 5) is 24.9. The molecule has 1 heterocycles. The van der Waals surface area contributed by atoms with E-state index in [-0.39, 0.29) is 45.5 Å². The second kappa shape index (κ2) is 7.40. The van der Waals surface area contributed by atoms with Crippen LogP contribution in [0.25, 0.3) is 10.9 Å². The van der Waals surface area contributed by atoms with E-state index in [4.69, 9.17) is 11.6 Å². The van der Waals surface area contributed by atoms with Gasteiger partial charge in [0.2, 0.25) is 0 Å². The van der Waals surface area contributed by atoms with Gasteiger partial charge in [0, 0.05) is 42.3 Å². The Bertz CT molecular complexity index is 971. The molecule has 5 nitrogen and oxygen atoms in total. The molecule has 2 N–H and O–H groups in total. The summed E-state index contributed by atoms with van der Waals surface area (Å²) in [5.74, 6) is -1.10. The van der Waals surface area contributed by atoms with Crippen LogP contribution < -0.4 is 10.9 Å². The number of halogens is 1. The summed E-state index contributed by atoms with van der Waals surface area (Å²) in [6, 6.07) is 13.6. The maximum atomic E-state index is 12.4. The van der Waals surface area contributed by atoms with Crippen LogP contribution in [0.2, 0.25) is 5.02 Å². The van der Waals surface area contributed by atoms with E-state index in [1.807, 2.05) is 6.07 Å². The fraction of sp³-hybridized carbons (Fsp3) is 0.0588. The SMILES string of the molecule is Cn1c(=O)c(C(=O)Nc2ccccc2)c(O)c2c(Cl)cccc21.[Na]. The monoisotopic (exact) mass is 351 g/mol. The van der Waals surface area contributed by atoms with Crippen LogP contribution in [0.1, 0.15) is 10.4 Å². The van der Waals surface area contributed by atoms with Crippen LogP contribution in [0, 0.1) is 0 Å². The minimum absolute atomic E-state index is 0. The van der Waals surface area contributed by atoms with Gasteiger partial charge in [-0.05, 0) is 24.3 Å². The average Bonchev–Trinajstić information content (AvgIpc) is 2.53. The second-order valence-electron chi connectivity index (χ2n) is 5.04. The van der Waals surface area contributed by atoms with E-state index in [0.717, 1.165) is 0 Å². The Morgan fingerprint density at radius 3 is 2.46 bits per heavy atom. The van der Waals surface area contributed by atoms with Crippen LogP contribution in [-0.4, -0.2) is 45.1 Å². The molecule has 117 valence electrons. The number of amides is 1. The summed E-state index contributed by atoms with van der Waals surface area (Å²) in [7, 11) is 1.53. The molecule has 24 heavy (non-hydrogen) atoms. The smallest absolute Gasteiger partial charge is 0.267 e. The van der Waals surface area contributed by atoms with Crippen molar-refractivity contribution in [2.24, 2.45) is 7.05 Å². The molecule has 7 heteroatoms. The molecule has 1 amide bonds. The average molecular weight is 352 g/mol. The Labute approximate surface area is 165 Å². The van der Waals surface area contributed by atoms with Gasteiger partial charge in [0.25, 0.3) is 11.5 Å². The number of nitrogens with zero attached hydrogens (tertiary/aromatic N) is 1. The number of pyridine rings is 1. The first-order chi connectivity index (χ1) is 11.0. The number of aromatic nitrogens is 1. The second-order valence-corrected chi connectivity index (χ2v) is 5.45. The van der Waals surface area contributed by atoms with Gasteiger partial charge in [-0.3, -0.25) is 9.59 Å². The summed E-state index contributed by atoms with van der Waals surface area (Å²) in [6.45, 7) is 0. The van der Waals surface area contributed by atoms with Gasteiger partial charge >= 0.3 is 0 Å². The molecule has 0 saturated heterocycles. The van der Waals surface area contributed by atoms with E-state index in [1.165, 1.54) is 11.6 Å². The van der Waals surface area contributed by atoms with E-state index in [9.17, 15) is 14.7 Å². The largest absolute Gasteiger partial charge is 0.506 e. The molecular formula is C17H13ClN2NaO3. The number of anilines is 1. The van der Waals surface area contributed by atoms with Crippen LogP contribution in [0.3, 0.4) is 0 Å². The zero-order chi connectivity index (χ0) is 16.6. The van der Waals surface area contributed by atoms with Crippen molar-refractivity contribution in [3.05, 3.63) is 69.5 Å². The van der Waals surface area contributed by atoms with Crippen LogP contribution in [-0.2, 0) is 7.05 Å². The van der Waals surface area contributed by atoms with Gasteiger partial charge in [0.05, 0.1) is 15.9 Å². The molecule has 0 atom stereocenters. The number of nitrogens with one attached hydrogen (secondary N) is 1. The van der Waals surface area contributed by atoms with E-state index in [1.54, 1.807) is 42.5 Å². The number of aryl methyl sites for hydroxylation is 1. The van der Waals surface area contributed by atoms with Crippen LogP contribution in [0.4, 0.5) is 5.69 Å². The first kappa shape index (κ1) is 18.5. The maximum Gasteiger partial charge on any atom is 0.267 e. The normalized spacial score (nSPS) is 10.2. The first-order valence-electron chi connectivity index (χ1n) is 6.87. The first-order valence-corrected chi connectivity index (χ1v) is 7.25. The fourth-order valence-corrected chi connectivity index (χ4v) is 2.71. The van der Waals surface area contributed by atoms with Gasteiger partial charge < -0.3 is 15.0 Å². The zero-order valence-corrected chi connectivity index (χ0v) is 16.0. The van der Waals surface area contributed by atoms with Gasteiger partial charge in [-0.1, -0.05) is 35.9 Å². The number of hydrogen-bond acceptors (Lipinski definition) is 3. The standard InChI is InChI=1S/C17H13ClN2O3.Na/c1-20-12-9-5-8-11(18)13(12)15(21)14(17(20)23)16(22)19-10-6-3-2-4-7-10;/h2-9,21H,1H3,(H,19,22);. The predicted octanol–water partition coefficient (Wildman–Crippen LogP) is 2.77. The number of rotatable bonds is 2. The molecule has 3 rings (SSSR count). The van der Waals surface area contributed by atoms with Crippen molar-refractivity contribution in [1.82, 2.24) is 4.57 Å². The molecule has 0 unspecified atom stereocenters. The van der Waals surface area contributed by atoms with E-state index in [0.29, 0.717) is 11.2 Å². The van der Waals surface area contributed by atoms with Crippen molar-refractivity contribution < 1.29 is 9.90 Å².